The van der Waals surface area contributed by atoms with Gasteiger partial charge in [-0.2, -0.15) is 0 Å². The molecule has 1 aliphatic rings. The Morgan fingerprint density at radius 1 is 1.54 bits per heavy atom. The molecule has 3 nitrogen and oxygen atoms in total. The summed E-state index contributed by atoms with van der Waals surface area (Å²) < 4.78 is 0. The lowest BCUT2D eigenvalue weighted by Crippen LogP contribution is -2.13. The molecule has 0 aliphatic heterocycles. The first-order valence-corrected chi connectivity index (χ1v) is 4.71. The van der Waals surface area contributed by atoms with Crippen molar-refractivity contribution in [1.29, 1.82) is 0 Å². The van der Waals surface area contributed by atoms with E-state index in [1.165, 1.54) is 12.8 Å². The van der Waals surface area contributed by atoms with Crippen molar-refractivity contribution in [2.75, 3.05) is 0 Å². The van der Waals surface area contributed by atoms with Gasteiger partial charge in [-0.3, -0.25) is 0 Å². The van der Waals surface area contributed by atoms with E-state index in [-0.39, 0.29) is 11.5 Å². The molecule has 1 saturated carbocycles. The summed E-state index contributed by atoms with van der Waals surface area (Å²) in [6, 6.07) is 1.89. The van der Waals surface area contributed by atoms with Crippen LogP contribution in [0, 0.1) is 0 Å². The molecule has 13 heavy (non-hydrogen) atoms. The van der Waals surface area contributed by atoms with Crippen molar-refractivity contribution in [3.63, 3.8) is 0 Å². The van der Waals surface area contributed by atoms with Gasteiger partial charge in [0.1, 0.15) is 5.82 Å². The Balaban J connectivity index is 2.33. The molecule has 1 aliphatic carbocycles. The van der Waals surface area contributed by atoms with Crippen molar-refractivity contribution in [3.8, 4) is 0 Å². The monoisotopic (exact) mass is 177 g/mol. The van der Waals surface area contributed by atoms with Crippen LogP contribution in [0.3, 0.4) is 0 Å². The molecule has 1 fully saturated rings. The summed E-state index contributed by atoms with van der Waals surface area (Å²) in [4.78, 5) is 8.76. The first kappa shape index (κ1) is 8.63. The molecule has 1 aromatic rings. The highest BCUT2D eigenvalue weighted by atomic mass is 14.9. The van der Waals surface area contributed by atoms with Gasteiger partial charge in [0.25, 0.3) is 0 Å². The van der Waals surface area contributed by atoms with Crippen LogP contribution in [0.1, 0.15) is 44.2 Å². The van der Waals surface area contributed by atoms with Crippen LogP contribution in [-0.4, -0.2) is 9.97 Å². The zero-order valence-corrected chi connectivity index (χ0v) is 8.12. The highest BCUT2D eigenvalue weighted by molar-refractivity contribution is 5.18. The molecule has 1 unspecified atom stereocenters. The summed E-state index contributed by atoms with van der Waals surface area (Å²) in [5, 5.41) is 0. The number of nitrogens with two attached hydrogens (primary N) is 1. The van der Waals surface area contributed by atoms with E-state index >= 15 is 0 Å². The largest absolute Gasteiger partial charge is 0.323 e. The van der Waals surface area contributed by atoms with Gasteiger partial charge < -0.3 is 5.73 Å². The second kappa shape index (κ2) is 2.77. The third-order valence-electron chi connectivity index (χ3n) is 2.68. The zero-order chi connectivity index (χ0) is 9.47. The summed E-state index contributed by atoms with van der Waals surface area (Å²) in [5.74, 6) is 0.960. The van der Waals surface area contributed by atoms with Gasteiger partial charge in [0.2, 0.25) is 0 Å². The molecule has 2 N–H and O–H groups in total. The predicted octanol–water partition coefficient (Wildman–Crippen LogP) is 1.55. The maximum absolute atomic E-state index is 5.76. The molecule has 0 saturated heterocycles. The molecule has 1 heterocycles. The third-order valence-corrected chi connectivity index (χ3v) is 2.68. The van der Waals surface area contributed by atoms with Gasteiger partial charge in [-0.1, -0.05) is 6.92 Å². The van der Waals surface area contributed by atoms with Crippen molar-refractivity contribution >= 4 is 0 Å². The first-order chi connectivity index (χ1) is 6.12. The van der Waals surface area contributed by atoms with Crippen LogP contribution in [0.4, 0.5) is 0 Å². The van der Waals surface area contributed by atoms with Gasteiger partial charge in [0.05, 0.1) is 5.69 Å². The second-order valence-electron chi connectivity index (χ2n) is 4.15. The molecule has 1 aromatic heterocycles. The van der Waals surface area contributed by atoms with E-state index in [1.807, 2.05) is 19.2 Å². The van der Waals surface area contributed by atoms with E-state index in [2.05, 4.69) is 16.9 Å². The summed E-state index contributed by atoms with van der Waals surface area (Å²) in [6.07, 6.45) is 4.22. The van der Waals surface area contributed by atoms with Crippen LogP contribution in [0.15, 0.2) is 12.3 Å². The standard InChI is InChI=1S/C10H15N3/c1-7(11)8-3-6-12-9(13-8)10(2)4-5-10/h3,6-7H,4-5,11H2,1-2H3. The van der Waals surface area contributed by atoms with Crippen LogP contribution >= 0.6 is 0 Å². The van der Waals surface area contributed by atoms with Crippen LogP contribution in [0.2, 0.25) is 0 Å². The molecule has 0 bridgehead atoms. The van der Waals surface area contributed by atoms with E-state index in [1.54, 1.807) is 0 Å². The molecule has 3 heteroatoms. The van der Waals surface area contributed by atoms with Crippen molar-refractivity contribution in [2.24, 2.45) is 5.73 Å². The molecular weight excluding hydrogens is 162 g/mol. The van der Waals surface area contributed by atoms with E-state index in [0.29, 0.717) is 0 Å². The molecule has 0 radical (unpaired) electrons. The van der Waals surface area contributed by atoms with E-state index in [0.717, 1.165) is 11.5 Å². The number of aromatic nitrogens is 2. The fraction of sp³-hybridized carbons (Fsp3) is 0.600. The number of hydrogen-bond acceptors (Lipinski definition) is 3. The average molecular weight is 177 g/mol. The second-order valence-corrected chi connectivity index (χ2v) is 4.15. The van der Waals surface area contributed by atoms with E-state index < -0.39 is 0 Å². The highest BCUT2D eigenvalue weighted by Gasteiger charge is 2.42. The maximum atomic E-state index is 5.76. The minimum Gasteiger partial charge on any atom is -0.323 e. The minimum absolute atomic E-state index is 0.00380. The van der Waals surface area contributed by atoms with Crippen LogP contribution in [0.5, 0.6) is 0 Å². The van der Waals surface area contributed by atoms with E-state index in [9.17, 15) is 0 Å². The van der Waals surface area contributed by atoms with E-state index in [4.69, 9.17) is 5.73 Å². The van der Waals surface area contributed by atoms with Crippen molar-refractivity contribution in [2.45, 2.75) is 38.1 Å². The fourth-order valence-electron chi connectivity index (χ4n) is 1.33. The van der Waals surface area contributed by atoms with Crippen LogP contribution in [-0.2, 0) is 5.41 Å². The third kappa shape index (κ3) is 1.56. The molecule has 2 rings (SSSR count). The quantitative estimate of drug-likeness (QED) is 0.745. The summed E-state index contributed by atoms with van der Waals surface area (Å²) in [7, 11) is 0. The highest BCUT2D eigenvalue weighted by Crippen LogP contribution is 2.45. The SMILES string of the molecule is CC(N)c1ccnc(C2(C)CC2)n1. The fourth-order valence-corrected chi connectivity index (χ4v) is 1.33. The topological polar surface area (TPSA) is 51.8 Å². The van der Waals surface area contributed by atoms with Gasteiger partial charge in [0, 0.05) is 17.7 Å². The molecule has 0 spiro atoms. The smallest absolute Gasteiger partial charge is 0.134 e. The zero-order valence-electron chi connectivity index (χ0n) is 8.12. The summed E-state index contributed by atoms with van der Waals surface area (Å²) >= 11 is 0. The Labute approximate surface area is 78.4 Å². The Hall–Kier alpha value is -0.960. The molecule has 70 valence electrons. The van der Waals surface area contributed by atoms with Crippen molar-refractivity contribution in [3.05, 3.63) is 23.8 Å². The molecular formula is C10H15N3. The Bertz CT molecular complexity index is 316. The average Bonchev–Trinajstić information content (AvgIpc) is 2.85. The van der Waals surface area contributed by atoms with Gasteiger partial charge in [-0.05, 0) is 25.8 Å². The number of nitrogens with zero attached hydrogens (tertiary/aromatic N) is 2. The van der Waals surface area contributed by atoms with Gasteiger partial charge >= 0.3 is 0 Å². The lowest BCUT2D eigenvalue weighted by Gasteiger charge is -2.09. The first-order valence-electron chi connectivity index (χ1n) is 4.71. The van der Waals surface area contributed by atoms with Gasteiger partial charge in [-0.25, -0.2) is 9.97 Å². The maximum Gasteiger partial charge on any atom is 0.134 e. The molecule has 1 atom stereocenters. The van der Waals surface area contributed by atoms with Crippen LogP contribution < -0.4 is 5.73 Å². The number of hydrogen-bond donors (Lipinski definition) is 1. The van der Waals surface area contributed by atoms with Crippen molar-refractivity contribution < 1.29 is 0 Å². The minimum atomic E-state index is 0.00380. The normalized spacial score (nSPS) is 21.2. The van der Waals surface area contributed by atoms with Gasteiger partial charge in [0.15, 0.2) is 0 Å². The van der Waals surface area contributed by atoms with Crippen LogP contribution in [0.25, 0.3) is 0 Å². The predicted molar refractivity (Wildman–Crippen MR) is 51.2 cm³/mol. The van der Waals surface area contributed by atoms with Gasteiger partial charge in [-0.15, -0.1) is 0 Å². The number of rotatable bonds is 2. The Morgan fingerprint density at radius 3 is 2.77 bits per heavy atom. The summed E-state index contributed by atoms with van der Waals surface area (Å²) in [6.45, 7) is 4.15. The summed E-state index contributed by atoms with van der Waals surface area (Å²) in [5.41, 5.74) is 6.94. The molecule has 0 amide bonds. The Morgan fingerprint density at radius 2 is 2.23 bits per heavy atom. The van der Waals surface area contributed by atoms with Crippen molar-refractivity contribution in [1.82, 2.24) is 9.97 Å². The Kier molecular flexibility index (Phi) is 1.84. The lowest BCUT2D eigenvalue weighted by molar-refractivity contribution is 0.676. The lowest BCUT2D eigenvalue weighted by atomic mass is 10.1. The molecule has 0 aromatic carbocycles.